The molecule has 0 saturated carbocycles. The van der Waals surface area contributed by atoms with Gasteiger partial charge in [0.15, 0.2) is 0 Å². The minimum atomic E-state index is -0.144. The monoisotopic (exact) mass is 292 g/mol. The summed E-state index contributed by atoms with van der Waals surface area (Å²) in [6, 6.07) is 5.94. The molecule has 1 fully saturated rings. The first-order chi connectivity index (χ1) is 10.1. The zero-order chi connectivity index (χ0) is 15.4. The van der Waals surface area contributed by atoms with E-state index >= 15 is 0 Å². The Balaban J connectivity index is 2.29. The predicted molar refractivity (Wildman–Crippen MR) is 81.8 cm³/mol. The van der Waals surface area contributed by atoms with Crippen LogP contribution in [0, 0.1) is 0 Å². The molecule has 1 N–H and O–H groups in total. The summed E-state index contributed by atoms with van der Waals surface area (Å²) in [4.78, 5) is 14.2. The Morgan fingerprint density at radius 1 is 1.38 bits per heavy atom. The summed E-state index contributed by atoms with van der Waals surface area (Å²) in [6.45, 7) is 2.88. The Labute approximate surface area is 126 Å². The van der Waals surface area contributed by atoms with Crippen molar-refractivity contribution in [1.29, 1.82) is 0 Å². The molecule has 0 aromatic heterocycles. The summed E-state index contributed by atoms with van der Waals surface area (Å²) in [5, 5.41) is 2.73. The Morgan fingerprint density at radius 3 is 2.76 bits per heavy atom. The standard InChI is InChI=1S/C16H24N2O3/c1-11(16(19)17-2)18-9-5-6-14(18)13-8-7-12(20-3)10-15(13)21-4/h7-8,10-11,14H,5-6,9H2,1-4H3,(H,17,19)/t11-,14+/m0/s1. The van der Waals surface area contributed by atoms with Gasteiger partial charge in [-0.05, 0) is 32.4 Å². The van der Waals surface area contributed by atoms with Crippen LogP contribution in [0.3, 0.4) is 0 Å². The number of likely N-dealkylation sites (tertiary alicyclic amines) is 1. The number of ether oxygens (including phenoxy) is 2. The summed E-state index contributed by atoms with van der Waals surface area (Å²) < 4.78 is 10.8. The minimum absolute atomic E-state index is 0.0504. The van der Waals surface area contributed by atoms with E-state index in [1.165, 1.54) is 0 Å². The van der Waals surface area contributed by atoms with Gasteiger partial charge in [0.25, 0.3) is 0 Å². The van der Waals surface area contributed by atoms with Gasteiger partial charge in [-0.25, -0.2) is 0 Å². The van der Waals surface area contributed by atoms with Crippen molar-refractivity contribution in [2.24, 2.45) is 0 Å². The molecule has 1 aliphatic heterocycles. The molecule has 1 heterocycles. The van der Waals surface area contributed by atoms with Gasteiger partial charge in [-0.1, -0.05) is 6.07 Å². The van der Waals surface area contributed by atoms with Crippen molar-refractivity contribution in [3.05, 3.63) is 23.8 Å². The molecule has 1 aliphatic rings. The summed E-state index contributed by atoms with van der Waals surface area (Å²) in [5.74, 6) is 1.64. The van der Waals surface area contributed by atoms with Gasteiger partial charge in [0.05, 0.1) is 20.3 Å². The minimum Gasteiger partial charge on any atom is -0.497 e. The van der Waals surface area contributed by atoms with E-state index < -0.39 is 0 Å². The normalized spacial score (nSPS) is 20.1. The maximum atomic E-state index is 11.9. The number of rotatable bonds is 5. The van der Waals surface area contributed by atoms with Crippen LogP contribution < -0.4 is 14.8 Å². The van der Waals surface area contributed by atoms with Crippen molar-refractivity contribution in [2.75, 3.05) is 27.8 Å². The second-order valence-electron chi connectivity index (χ2n) is 5.29. The number of nitrogens with one attached hydrogen (secondary N) is 1. The highest BCUT2D eigenvalue weighted by molar-refractivity contribution is 5.81. The number of carbonyl (C=O) groups excluding carboxylic acids is 1. The van der Waals surface area contributed by atoms with Crippen molar-refractivity contribution < 1.29 is 14.3 Å². The van der Waals surface area contributed by atoms with Gasteiger partial charge in [0, 0.05) is 24.7 Å². The molecule has 1 aromatic rings. The molecule has 21 heavy (non-hydrogen) atoms. The van der Waals surface area contributed by atoms with E-state index in [2.05, 4.69) is 10.2 Å². The molecule has 0 spiro atoms. The van der Waals surface area contributed by atoms with Crippen molar-refractivity contribution in [2.45, 2.75) is 31.8 Å². The first kappa shape index (κ1) is 15.6. The maximum absolute atomic E-state index is 11.9. The molecule has 5 nitrogen and oxygen atoms in total. The average Bonchev–Trinajstić information content (AvgIpc) is 3.01. The third-order valence-electron chi connectivity index (χ3n) is 4.22. The highest BCUT2D eigenvalue weighted by Gasteiger charge is 2.34. The van der Waals surface area contributed by atoms with Crippen LogP contribution in [0.25, 0.3) is 0 Å². The number of nitrogens with zero attached hydrogens (tertiary/aromatic N) is 1. The van der Waals surface area contributed by atoms with Crippen molar-refractivity contribution in [3.8, 4) is 11.5 Å². The van der Waals surface area contributed by atoms with Crippen LogP contribution >= 0.6 is 0 Å². The molecular formula is C16H24N2O3. The highest BCUT2D eigenvalue weighted by Crippen LogP contribution is 2.39. The van der Waals surface area contributed by atoms with Crippen LogP contribution in [0.4, 0.5) is 0 Å². The van der Waals surface area contributed by atoms with Gasteiger partial charge in [-0.3, -0.25) is 9.69 Å². The molecule has 0 radical (unpaired) electrons. The van der Waals surface area contributed by atoms with Gasteiger partial charge < -0.3 is 14.8 Å². The lowest BCUT2D eigenvalue weighted by Crippen LogP contribution is -2.43. The number of benzene rings is 1. The van der Waals surface area contributed by atoms with Crippen LogP contribution in [-0.4, -0.2) is 44.7 Å². The number of carbonyl (C=O) groups is 1. The first-order valence-electron chi connectivity index (χ1n) is 7.31. The third kappa shape index (κ3) is 3.13. The molecule has 1 amide bonds. The molecule has 0 aliphatic carbocycles. The summed E-state index contributed by atoms with van der Waals surface area (Å²) in [6.07, 6.45) is 2.12. The number of hydrogen-bond acceptors (Lipinski definition) is 4. The lowest BCUT2D eigenvalue weighted by atomic mass is 10.0. The van der Waals surface area contributed by atoms with Crippen molar-refractivity contribution >= 4 is 5.91 Å². The topological polar surface area (TPSA) is 50.8 Å². The Hall–Kier alpha value is -1.75. The van der Waals surface area contributed by atoms with Crippen LogP contribution in [0.15, 0.2) is 18.2 Å². The third-order valence-corrected chi connectivity index (χ3v) is 4.22. The fourth-order valence-corrected chi connectivity index (χ4v) is 3.04. The lowest BCUT2D eigenvalue weighted by molar-refractivity contribution is -0.125. The molecule has 116 valence electrons. The number of methoxy groups -OCH3 is 2. The van der Waals surface area contributed by atoms with E-state index in [0.29, 0.717) is 0 Å². The Bertz CT molecular complexity index is 504. The van der Waals surface area contributed by atoms with E-state index in [-0.39, 0.29) is 18.0 Å². The van der Waals surface area contributed by atoms with E-state index in [0.717, 1.165) is 36.4 Å². The smallest absolute Gasteiger partial charge is 0.236 e. The zero-order valence-corrected chi connectivity index (χ0v) is 13.2. The van der Waals surface area contributed by atoms with Crippen molar-refractivity contribution in [1.82, 2.24) is 10.2 Å². The van der Waals surface area contributed by atoms with Gasteiger partial charge in [0.2, 0.25) is 5.91 Å². The summed E-state index contributed by atoms with van der Waals surface area (Å²) >= 11 is 0. The molecular weight excluding hydrogens is 268 g/mol. The Kier molecular flexibility index (Phi) is 5.07. The van der Waals surface area contributed by atoms with Gasteiger partial charge in [-0.15, -0.1) is 0 Å². The van der Waals surface area contributed by atoms with Crippen LogP contribution in [0.2, 0.25) is 0 Å². The van der Waals surface area contributed by atoms with E-state index in [4.69, 9.17) is 9.47 Å². The maximum Gasteiger partial charge on any atom is 0.236 e. The quantitative estimate of drug-likeness (QED) is 0.901. The first-order valence-corrected chi connectivity index (χ1v) is 7.31. The highest BCUT2D eigenvalue weighted by atomic mass is 16.5. The van der Waals surface area contributed by atoms with Gasteiger partial charge in [0.1, 0.15) is 11.5 Å². The van der Waals surface area contributed by atoms with Crippen LogP contribution in [0.5, 0.6) is 11.5 Å². The van der Waals surface area contributed by atoms with Gasteiger partial charge >= 0.3 is 0 Å². The zero-order valence-electron chi connectivity index (χ0n) is 13.2. The second-order valence-corrected chi connectivity index (χ2v) is 5.29. The lowest BCUT2D eigenvalue weighted by Gasteiger charge is -2.30. The van der Waals surface area contributed by atoms with Crippen molar-refractivity contribution in [3.63, 3.8) is 0 Å². The molecule has 1 aromatic carbocycles. The van der Waals surface area contributed by atoms with Crippen LogP contribution in [-0.2, 0) is 4.79 Å². The van der Waals surface area contributed by atoms with Gasteiger partial charge in [-0.2, -0.15) is 0 Å². The molecule has 2 atom stereocenters. The van der Waals surface area contributed by atoms with E-state index in [9.17, 15) is 4.79 Å². The Morgan fingerprint density at radius 2 is 2.14 bits per heavy atom. The predicted octanol–water partition coefficient (Wildman–Crippen LogP) is 1.98. The fourth-order valence-electron chi connectivity index (χ4n) is 3.04. The summed E-state index contributed by atoms with van der Waals surface area (Å²) in [7, 11) is 4.99. The van der Waals surface area contributed by atoms with E-state index in [1.54, 1.807) is 21.3 Å². The second kappa shape index (κ2) is 6.80. The largest absolute Gasteiger partial charge is 0.497 e. The number of amides is 1. The molecule has 5 heteroatoms. The fraction of sp³-hybridized carbons (Fsp3) is 0.562. The molecule has 2 rings (SSSR count). The average molecular weight is 292 g/mol. The van der Waals surface area contributed by atoms with Crippen LogP contribution in [0.1, 0.15) is 31.4 Å². The molecule has 0 unspecified atom stereocenters. The number of likely N-dealkylation sites (N-methyl/N-ethyl adjacent to an activating group) is 1. The number of hydrogen-bond donors (Lipinski definition) is 1. The molecule has 0 bridgehead atoms. The SMILES string of the molecule is CNC(=O)[C@H](C)N1CCC[C@@H]1c1ccc(OC)cc1OC. The summed E-state index contributed by atoms with van der Waals surface area (Å²) in [5.41, 5.74) is 1.12. The van der Waals surface area contributed by atoms with E-state index in [1.807, 2.05) is 25.1 Å². The molecule has 1 saturated heterocycles.